The van der Waals surface area contributed by atoms with Crippen molar-refractivity contribution in [3.8, 4) is 5.75 Å². The third-order valence-electron chi connectivity index (χ3n) is 3.59. The summed E-state index contributed by atoms with van der Waals surface area (Å²) in [6.45, 7) is 1.69. The van der Waals surface area contributed by atoms with Crippen molar-refractivity contribution < 1.29 is 13.2 Å². The molecule has 0 aliphatic carbocycles. The number of sulfone groups is 1. The van der Waals surface area contributed by atoms with Gasteiger partial charge in [0.1, 0.15) is 17.3 Å². The topological polar surface area (TPSA) is 69.2 Å². The normalized spacial score (nSPS) is 11.3. The molecule has 26 heavy (non-hydrogen) atoms. The molecule has 5 nitrogen and oxygen atoms in total. The minimum Gasteiger partial charge on any atom is -0.484 e. The summed E-state index contributed by atoms with van der Waals surface area (Å²) >= 11 is 11.8. The average Bonchev–Trinajstić information content (AvgIpc) is 2.61. The Morgan fingerprint density at radius 2 is 1.73 bits per heavy atom. The molecule has 0 atom stereocenters. The molecule has 0 amide bonds. The summed E-state index contributed by atoms with van der Waals surface area (Å²) in [4.78, 5) is 8.53. The van der Waals surface area contributed by atoms with Gasteiger partial charge in [-0.2, -0.15) is 0 Å². The molecule has 0 fully saturated rings. The van der Waals surface area contributed by atoms with E-state index in [1.165, 1.54) is 30.5 Å². The van der Waals surface area contributed by atoms with Crippen molar-refractivity contribution >= 4 is 33.0 Å². The first-order valence-corrected chi connectivity index (χ1v) is 9.82. The van der Waals surface area contributed by atoms with Crippen molar-refractivity contribution in [3.05, 3.63) is 76.3 Å². The fourth-order valence-corrected chi connectivity index (χ4v) is 3.97. The Labute approximate surface area is 161 Å². The Hall–Kier alpha value is -2.15. The van der Waals surface area contributed by atoms with Gasteiger partial charge in [0.25, 0.3) is 0 Å². The highest BCUT2D eigenvalue weighted by molar-refractivity contribution is 7.91. The molecule has 0 saturated heterocycles. The summed E-state index contributed by atoms with van der Waals surface area (Å²) in [6, 6.07) is 13.0. The average molecular weight is 409 g/mol. The highest BCUT2D eigenvalue weighted by Gasteiger charge is 2.21. The van der Waals surface area contributed by atoms with Crippen molar-refractivity contribution in [1.29, 1.82) is 0 Å². The van der Waals surface area contributed by atoms with E-state index < -0.39 is 9.84 Å². The van der Waals surface area contributed by atoms with Crippen LogP contribution in [0.5, 0.6) is 5.75 Å². The second-order valence-electron chi connectivity index (χ2n) is 5.41. The largest absolute Gasteiger partial charge is 0.484 e. The highest BCUT2D eigenvalue weighted by Crippen LogP contribution is 2.25. The number of nitrogens with zero attached hydrogens (tertiary/aromatic N) is 2. The molecule has 1 heterocycles. The summed E-state index contributed by atoms with van der Waals surface area (Å²) < 4.78 is 31.0. The summed E-state index contributed by atoms with van der Waals surface area (Å²) in [6.07, 6.45) is 1.29. The molecular weight excluding hydrogens is 395 g/mol. The molecule has 8 heteroatoms. The third-order valence-corrected chi connectivity index (χ3v) is 6.03. The first-order chi connectivity index (χ1) is 12.4. The molecule has 0 aliphatic rings. The number of para-hydroxylation sites is 1. The summed E-state index contributed by atoms with van der Waals surface area (Å²) in [5.41, 5.74) is 0.340. The van der Waals surface area contributed by atoms with E-state index in [9.17, 15) is 8.42 Å². The Morgan fingerprint density at radius 1 is 1.04 bits per heavy atom. The van der Waals surface area contributed by atoms with Crippen molar-refractivity contribution in [2.24, 2.45) is 0 Å². The van der Waals surface area contributed by atoms with Gasteiger partial charge in [0.2, 0.25) is 9.84 Å². The Balaban J connectivity index is 1.83. The molecule has 0 radical (unpaired) electrons. The summed E-state index contributed by atoms with van der Waals surface area (Å²) in [5, 5.41) is 0.940. The number of benzene rings is 2. The van der Waals surface area contributed by atoms with Crippen LogP contribution in [0.3, 0.4) is 0 Å². The lowest BCUT2D eigenvalue weighted by Gasteiger charge is -2.10. The number of aryl methyl sites for hydroxylation is 1. The molecule has 0 bridgehead atoms. The number of ether oxygens (including phenoxy) is 1. The lowest BCUT2D eigenvalue weighted by molar-refractivity contribution is 0.295. The van der Waals surface area contributed by atoms with E-state index in [1.807, 2.05) is 0 Å². The van der Waals surface area contributed by atoms with Gasteiger partial charge >= 0.3 is 0 Å². The maximum atomic E-state index is 12.7. The number of hydrogen-bond acceptors (Lipinski definition) is 5. The molecule has 3 rings (SSSR count). The quantitative estimate of drug-likeness (QED) is 0.621. The summed E-state index contributed by atoms with van der Waals surface area (Å²) in [7, 11) is -3.72. The molecule has 0 aliphatic heterocycles. The molecule has 0 saturated carbocycles. The van der Waals surface area contributed by atoms with Crippen LogP contribution in [-0.2, 0) is 16.4 Å². The van der Waals surface area contributed by atoms with Crippen molar-refractivity contribution in [1.82, 2.24) is 9.97 Å². The van der Waals surface area contributed by atoms with Gasteiger partial charge in [-0.3, -0.25) is 0 Å². The highest BCUT2D eigenvalue weighted by atomic mass is 35.5. The van der Waals surface area contributed by atoms with Crippen molar-refractivity contribution in [2.45, 2.75) is 23.3 Å². The first-order valence-electron chi connectivity index (χ1n) is 7.58. The lowest BCUT2D eigenvalue weighted by Crippen LogP contribution is -2.10. The van der Waals surface area contributed by atoms with Crippen LogP contribution in [0, 0.1) is 6.92 Å². The van der Waals surface area contributed by atoms with E-state index in [0.29, 0.717) is 27.3 Å². The second-order valence-corrected chi connectivity index (χ2v) is 8.17. The number of aromatic nitrogens is 2. The van der Waals surface area contributed by atoms with Crippen LogP contribution in [0.2, 0.25) is 10.0 Å². The predicted molar refractivity (Wildman–Crippen MR) is 99.5 cm³/mol. The molecule has 0 spiro atoms. The Bertz CT molecular complexity index is 1040. The SMILES string of the molecule is Cc1nc(COc2ccccc2Cl)ncc1S(=O)(=O)c1ccc(Cl)cc1. The van der Waals surface area contributed by atoms with Crippen LogP contribution in [0.25, 0.3) is 0 Å². The van der Waals surface area contributed by atoms with E-state index in [0.717, 1.165) is 0 Å². The van der Waals surface area contributed by atoms with E-state index in [2.05, 4.69) is 9.97 Å². The smallest absolute Gasteiger partial charge is 0.209 e. The van der Waals surface area contributed by atoms with Gasteiger partial charge in [0.05, 0.1) is 21.8 Å². The molecule has 1 aromatic heterocycles. The van der Waals surface area contributed by atoms with Crippen molar-refractivity contribution in [2.75, 3.05) is 0 Å². The van der Waals surface area contributed by atoms with Crippen LogP contribution in [0.15, 0.2) is 64.5 Å². The van der Waals surface area contributed by atoms with Crippen LogP contribution >= 0.6 is 23.2 Å². The fraction of sp³-hybridized carbons (Fsp3) is 0.111. The minimum atomic E-state index is -3.72. The Morgan fingerprint density at radius 3 is 2.38 bits per heavy atom. The zero-order valence-corrected chi connectivity index (χ0v) is 16.0. The number of hydrogen-bond donors (Lipinski definition) is 0. The maximum Gasteiger partial charge on any atom is 0.209 e. The minimum absolute atomic E-state index is 0.0429. The van der Waals surface area contributed by atoms with Gasteiger partial charge in [-0.1, -0.05) is 35.3 Å². The molecule has 3 aromatic rings. The maximum absolute atomic E-state index is 12.7. The van der Waals surface area contributed by atoms with Crippen LogP contribution < -0.4 is 4.74 Å². The summed E-state index contributed by atoms with van der Waals surface area (Å²) in [5.74, 6) is 0.866. The molecular formula is C18H14Cl2N2O3S. The lowest BCUT2D eigenvalue weighted by atomic mass is 10.3. The zero-order valence-electron chi connectivity index (χ0n) is 13.7. The number of rotatable bonds is 5. The van der Waals surface area contributed by atoms with E-state index in [4.69, 9.17) is 27.9 Å². The van der Waals surface area contributed by atoms with Crippen LogP contribution in [0.4, 0.5) is 0 Å². The van der Waals surface area contributed by atoms with Gasteiger partial charge in [0, 0.05) is 5.02 Å². The number of halogens is 2. The molecule has 0 N–H and O–H groups in total. The Kier molecular flexibility index (Phi) is 5.46. The van der Waals surface area contributed by atoms with Crippen LogP contribution in [0.1, 0.15) is 11.5 Å². The third kappa shape index (κ3) is 3.98. The van der Waals surface area contributed by atoms with Gasteiger partial charge in [-0.05, 0) is 43.3 Å². The van der Waals surface area contributed by atoms with Gasteiger partial charge in [-0.15, -0.1) is 0 Å². The molecule has 2 aromatic carbocycles. The zero-order chi connectivity index (χ0) is 18.7. The second kappa shape index (κ2) is 7.61. The van der Waals surface area contributed by atoms with E-state index in [-0.39, 0.29) is 16.4 Å². The van der Waals surface area contributed by atoms with Gasteiger partial charge in [-0.25, -0.2) is 18.4 Å². The molecule has 0 unspecified atom stereocenters. The first kappa shape index (κ1) is 18.6. The van der Waals surface area contributed by atoms with Gasteiger partial charge < -0.3 is 4.74 Å². The standard InChI is InChI=1S/C18H14Cl2N2O3S/c1-12-17(26(23,24)14-8-6-13(19)7-9-14)10-21-18(22-12)11-25-16-5-3-2-4-15(16)20/h2-10H,11H2,1H3. The molecule has 134 valence electrons. The van der Waals surface area contributed by atoms with Gasteiger partial charge in [0.15, 0.2) is 5.82 Å². The fourth-order valence-electron chi connectivity index (χ4n) is 2.28. The van der Waals surface area contributed by atoms with E-state index >= 15 is 0 Å². The predicted octanol–water partition coefficient (Wildman–Crippen LogP) is 4.50. The van der Waals surface area contributed by atoms with Crippen LogP contribution in [-0.4, -0.2) is 18.4 Å². The van der Waals surface area contributed by atoms with E-state index in [1.54, 1.807) is 31.2 Å². The van der Waals surface area contributed by atoms with Crippen molar-refractivity contribution in [3.63, 3.8) is 0 Å². The monoisotopic (exact) mass is 408 g/mol.